The van der Waals surface area contributed by atoms with Crippen molar-refractivity contribution in [2.75, 3.05) is 13.1 Å². The topological polar surface area (TPSA) is 77.5 Å². The summed E-state index contributed by atoms with van der Waals surface area (Å²) in [6, 6.07) is 4.27. The van der Waals surface area contributed by atoms with Crippen molar-refractivity contribution in [1.29, 1.82) is 0 Å². The number of carboxylic acid groups (broad SMARTS) is 1. The van der Waals surface area contributed by atoms with Crippen molar-refractivity contribution in [3.8, 4) is 0 Å². The minimum absolute atomic E-state index is 0.211. The van der Waals surface area contributed by atoms with Gasteiger partial charge < -0.3 is 5.11 Å². The lowest BCUT2D eigenvalue weighted by atomic mass is 10.1. The van der Waals surface area contributed by atoms with Crippen molar-refractivity contribution in [3.63, 3.8) is 0 Å². The molecular formula is C13H18N4O2. The largest absolute Gasteiger partial charge is 0.481 e. The highest BCUT2D eigenvalue weighted by molar-refractivity contribution is 5.70. The number of hydrogen-bond acceptors (Lipinski definition) is 5. The van der Waals surface area contributed by atoms with Crippen LogP contribution in [0.15, 0.2) is 24.5 Å². The van der Waals surface area contributed by atoms with Gasteiger partial charge in [0.1, 0.15) is 0 Å². The second kappa shape index (κ2) is 5.24. The molecule has 3 unspecified atom stereocenters. The molecule has 19 heavy (non-hydrogen) atoms. The first-order valence-electron chi connectivity index (χ1n) is 6.62. The van der Waals surface area contributed by atoms with Crippen molar-refractivity contribution in [3.05, 3.63) is 30.1 Å². The molecule has 0 aromatic carbocycles. The van der Waals surface area contributed by atoms with Crippen LogP contribution in [0.2, 0.25) is 0 Å². The van der Waals surface area contributed by atoms with Crippen LogP contribution in [0.1, 0.15) is 24.4 Å². The van der Waals surface area contributed by atoms with Crippen molar-refractivity contribution in [2.24, 2.45) is 5.92 Å². The van der Waals surface area contributed by atoms with E-state index in [9.17, 15) is 4.79 Å². The van der Waals surface area contributed by atoms with Gasteiger partial charge >= 0.3 is 5.97 Å². The second-order valence-electron chi connectivity index (χ2n) is 5.19. The summed E-state index contributed by atoms with van der Waals surface area (Å²) in [5.41, 5.74) is 7.75. The highest BCUT2D eigenvalue weighted by Gasteiger charge is 2.36. The Balaban J connectivity index is 1.59. The lowest BCUT2D eigenvalue weighted by molar-refractivity contribution is -0.141. The maximum atomic E-state index is 11.0. The normalized spacial score (nSPS) is 31.7. The summed E-state index contributed by atoms with van der Waals surface area (Å²) in [4.78, 5) is 17.2. The third-order valence-corrected chi connectivity index (χ3v) is 4.00. The van der Waals surface area contributed by atoms with E-state index in [1.165, 1.54) is 5.56 Å². The first kappa shape index (κ1) is 12.5. The lowest BCUT2D eigenvalue weighted by Gasteiger charge is -2.22. The molecule has 2 aliphatic rings. The summed E-state index contributed by atoms with van der Waals surface area (Å²) in [7, 11) is 0. The van der Waals surface area contributed by atoms with E-state index < -0.39 is 5.97 Å². The molecule has 0 radical (unpaired) electrons. The van der Waals surface area contributed by atoms with Gasteiger partial charge in [-0.15, -0.1) is 0 Å². The van der Waals surface area contributed by atoms with Gasteiger partial charge in [0.05, 0.1) is 12.1 Å². The summed E-state index contributed by atoms with van der Waals surface area (Å²) in [6.45, 7) is 1.48. The van der Waals surface area contributed by atoms with Gasteiger partial charge in [-0.3, -0.25) is 14.7 Å². The number of nitrogens with one attached hydrogen (secondary N) is 2. The van der Waals surface area contributed by atoms with Gasteiger partial charge in [0.2, 0.25) is 0 Å². The van der Waals surface area contributed by atoms with Crippen molar-refractivity contribution in [2.45, 2.75) is 25.0 Å². The number of nitrogens with zero attached hydrogens (tertiary/aromatic N) is 2. The highest BCUT2D eigenvalue weighted by Crippen LogP contribution is 2.27. The zero-order valence-corrected chi connectivity index (χ0v) is 10.6. The molecule has 0 saturated carbocycles. The minimum Gasteiger partial charge on any atom is -0.481 e. The number of aromatic nitrogens is 1. The summed E-state index contributed by atoms with van der Waals surface area (Å²) >= 11 is 0. The predicted molar refractivity (Wildman–Crippen MR) is 69.0 cm³/mol. The molecule has 3 N–H and O–H groups in total. The number of likely N-dealkylation sites (tertiary alicyclic amines) is 1. The maximum absolute atomic E-state index is 11.0. The molecule has 0 spiro atoms. The number of carboxylic acids is 1. The zero-order valence-electron chi connectivity index (χ0n) is 10.6. The standard InChI is InChI=1S/C13H18N4O2/c18-13(19)10-3-6-17(8-10)12-7-11(15-16-12)9-1-4-14-5-2-9/h1-2,4-5,10-12,15-16H,3,6-8H2,(H,18,19). The fraction of sp³-hybridized carbons (Fsp3) is 0.538. The zero-order chi connectivity index (χ0) is 13.2. The number of hydrazine groups is 1. The number of rotatable bonds is 3. The van der Waals surface area contributed by atoms with E-state index in [-0.39, 0.29) is 18.1 Å². The molecule has 6 heteroatoms. The Bertz CT molecular complexity index is 453. The molecule has 2 fully saturated rings. The molecule has 1 aromatic heterocycles. The predicted octanol–water partition coefficient (Wildman–Crippen LogP) is 0.353. The van der Waals surface area contributed by atoms with E-state index >= 15 is 0 Å². The minimum atomic E-state index is -0.681. The van der Waals surface area contributed by atoms with Crippen LogP contribution in [-0.4, -0.2) is 40.2 Å². The van der Waals surface area contributed by atoms with E-state index in [4.69, 9.17) is 5.11 Å². The van der Waals surface area contributed by atoms with Gasteiger partial charge in [0, 0.05) is 31.5 Å². The van der Waals surface area contributed by atoms with Gasteiger partial charge in [-0.05, 0) is 30.5 Å². The summed E-state index contributed by atoms with van der Waals surface area (Å²) in [6.07, 6.45) is 5.48. The maximum Gasteiger partial charge on any atom is 0.307 e. The average molecular weight is 262 g/mol. The average Bonchev–Trinajstić information content (AvgIpc) is 3.09. The Kier molecular flexibility index (Phi) is 3.46. The fourth-order valence-electron chi connectivity index (χ4n) is 2.87. The number of carbonyl (C=O) groups is 1. The Labute approximate surface area is 111 Å². The molecule has 2 aliphatic heterocycles. The molecule has 3 atom stereocenters. The lowest BCUT2D eigenvalue weighted by Crippen LogP contribution is -2.43. The third kappa shape index (κ3) is 2.60. The first-order chi connectivity index (χ1) is 9.24. The summed E-state index contributed by atoms with van der Waals surface area (Å²) in [5.74, 6) is -0.902. The summed E-state index contributed by atoms with van der Waals surface area (Å²) < 4.78 is 0. The molecular weight excluding hydrogens is 244 g/mol. The van der Waals surface area contributed by atoms with Crippen LogP contribution in [0.4, 0.5) is 0 Å². The van der Waals surface area contributed by atoms with Crippen LogP contribution in [-0.2, 0) is 4.79 Å². The molecule has 3 rings (SSSR count). The quantitative estimate of drug-likeness (QED) is 0.730. The van der Waals surface area contributed by atoms with Crippen LogP contribution in [0, 0.1) is 5.92 Å². The van der Waals surface area contributed by atoms with E-state index in [0.29, 0.717) is 6.54 Å². The number of pyridine rings is 1. The smallest absolute Gasteiger partial charge is 0.307 e. The van der Waals surface area contributed by atoms with Gasteiger partial charge in [0.25, 0.3) is 0 Å². The molecule has 102 valence electrons. The van der Waals surface area contributed by atoms with E-state index in [0.717, 1.165) is 19.4 Å². The van der Waals surface area contributed by atoms with Gasteiger partial charge in [0.15, 0.2) is 0 Å². The molecule has 0 amide bonds. The monoisotopic (exact) mass is 262 g/mol. The van der Waals surface area contributed by atoms with Crippen LogP contribution >= 0.6 is 0 Å². The number of aliphatic carboxylic acids is 1. The van der Waals surface area contributed by atoms with Crippen molar-refractivity contribution >= 4 is 5.97 Å². The Morgan fingerprint density at radius 1 is 1.37 bits per heavy atom. The molecule has 0 aliphatic carbocycles. The van der Waals surface area contributed by atoms with Crippen LogP contribution in [0.25, 0.3) is 0 Å². The third-order valence-electron chi connectivity index (χ3n) is 4.00. The van der Waals surface area contributed by atoms with E-state index in [2.05, 4.69) is 20.7 Å². The fourth-order valence-corrected chi connectivity index (χ4v) is 2.87. The van der Waals surface area contributed by atoms with Crippen LogP contribution in [0.5, 0.6) is 0 Å². The Morgan fingerprint density at radius 2 is 2.16 bits per heavy atom. The Morgan fingerprint density at radius 3 is 2.84 bits per heavy atom. The highest BCUT2D eigenvalue weighted by atomic mass is 16.4. The van der Waals surface area contributed by atoms with Crippen molar-refractivity contribution in [1.82, 2.24) is 20.7 Å². The van der Waals surface area contributed by atoms with E-state index in [1.54, 1.807) is 12.4 Å². The number of hydrogen-bond donors (Lipinski definition) is 3. The summed E-state index contributed by atoms with van der Waals surface area (Å²) in [5, 5.41) is 9.03. The molecule has 1 aromatic rings. The van der Waals surface area contributed by atoms with Crippen molar-refractivity contribution < 1.29 is 9.90 Å². The SMILES string of the molecule is O=C(O)C1CCN(C2CC(c3ccncc3)NN2)C1. The molecule has 6 nitrogen and oxygen atoms in total. The molecule has 3 heterocycles. The van der Waals surface area contributed by atoms with Gasteiger partial charge in [-0.1, -0.05) is 0 Å². The Hall–Kier alpha value is -1.50. The molecule has 0 bridgehead atoms. The van der Waals surface area contributed by atoms with Crippen LogP contribution in [0.3, 0.4) is 0 Å². The van der Waals surface area contributed by atoms with Crippen LogP contribution < -0.4 is 10.9 Å². The van der Waals surface area contributed by atoms with Gasteiger partial charge in [-0.25, -0.2) is 10.9 Å². The first-order valence-corrected chi connectivity index (χ1v) is 6.62. The van der Waals surface area contributed by atoms with E-state index in [1.807, 2.05) is 12.1 Å². The second-order valence-corrected chi connectivity index (χ2v) is 5.19. The molecule has 2 saturated heterocycles. The van der Waals surface area contributed by atoms with Gasteiger partial charge in [-0.2, -0.15) is 0 Å².